The lowest BCUT2D eigenvalue weighted by molar-refractivity contribution is 0.448. The van der Waals surface area contributed by atoms with Crippen molar-refractivity contribution in [2.24, 2.45) is 11.8 Å². The van der Waals surface area contributed by atoms with Gasteiger partial charge >= 0.3 is 0 Å². The molecule has 19 heavy (non-hydrogen) atoms. The van der Waals surface area contributed by atoms with Gasteiger partial charge in [0, 0.05) is 13.1 Å². The maximum absolute atomic E-state index is 12.8. The standard InChI is InChI=1S/C12H15FN2O2S.ClH/c13-11-1-3-12(4-2-11)18(16,17)15-7-9-5-14-6-10(9)8-15;/h1-4,9-10,14H,5-8H2;1H. The Bertz CT molecular complexity index is 537. The number of sulfonamides is 1. The molecule has 2 aliphatic rings. The Morgan fingerprint density at radius 2 is 1.63 bits per heavy atom. The number of fused-ring (bicyclic) bond motifs is 1. The minimum absolute atomic E-state index is 0. The molecular weight excluding hydrogens is 291 g/mol. The molecule has 2 saturated heterocycles. The second-order valence-electron chi connectivity index (χ2n) is 4.95. The Morgan fingerprint density at radius 1 is 1.11 bits per heavy atom. The molecule has 1 N–H and O–H groups in total. The summed E-state index contributed by atoms with van der Waals surface area (Å²) < 4.78 is 39.1. The monoisotopic (exact) mass is 306 g/mol. The maximum atomic E-state index is 12.8. The molecule has 2 atom stereocenters. The molecule has 0 amide bonds. The summed E-state index contributed by atoms with van der Waals surface area (Å²) in [6.45, 7) is 2.91. The van der Waals surface area contributed by atoms with Gasteiger partial charge in [0.05, 0.1) is 4.90 Å². The van der Waals surface area contributed by atoms with Gasteiger partial charge < -0.3 is 5.32 Å². The average molecular weight is 307 g/mol. The van der Waals surface area contributed by atoms with E-state index >= 15 is 0 Å². The van der Waals surface area contributed by atoms with Gasteiger partial charge in [0.2, 0.25) is 10.0 Å². The third-order valence-corrected chi connectivity index (χ3v) is 5.65. The van der Waals surface area contributed by atoms with Crippen LogP contribution < -0.4 is 5.32 Å². The van der Waals surface area contributed by atoms with Crippen LogP contribution in [0.2, 0.25) is 0 Å². The van der Waals surface area contributed by atoms with E-state index in [0.29, 0.717) is 24.9 Å². The van der Waals surface area contributed by atoms with Crippen molar-refractivity contribution in [2.45, 2.75) is 4.90 Å². The van der Waals surface area contributed by atoms with Gasteiger partial charge in [0.1, 0.15) is 5.82 Å². The van der Waals surface area contributed by atoms with E-state index < -0.39 is 15.8 Å². The van der Waals surface area contributed by atoms with Gasteiger partial charge in [-0.25, -0.2) is 12.8 Å². The SMILES string of the molecule is Cl.O=S(=O)(c1ccc(F)cc1)N1CC2CNCC2C1. The molecule has 0 saturated carbocycles. The van der Waals surface area contributed by atoms with Crippen molar-refractivity contribution in [3.8, 4) is 0 Å². The topological polar surface area (TPSA) is 49.4 Å². The van der Waals surface area contributed by atoms with Crippen molar-refractivity contribution in [2.75, 3.05) is 26.2 Å². The lowest BCUT2D eigenvalue weighted by Gasteiger charge is -2.17. The van der Waals surface area contributed by atoms with Gasteiger partial charge in [-0.05, 0) is 49.2 Å². The quantitative estimate of drug-likeness (QED) is 0.890. The van der Waals surface area contributed by atoms with Gasteiger partial charge in [-0.15, -0.1) is 12.4 Å². The lowest BCUT2D eigenvalue weighted by atomic mass is 10.0. The first kappa shape index (κ1) is 14.7. The van der Waals surface area contributed by atoms with Crippen LogP contribution in [0.3, 0.4) is 0 Å². The van der Waals surface area contributed by atoms with E-state index in [-0.39, 0.29) is 17.3 Å². The van der Waals surface area contributed by atoms with Crippen LogP contribution in [0.1, 0.15) is 0 Å². The zero-order valence-corrected chi connectivity index (χ0v) is 11.9. The summed E-state index contributed by atoms with van der Waals surface area (Å²) in [7, 11) is -3.46. The van der Waals surface area contributed by atoms with Crippen LogP contribution in [0, 0.1) is 17.7 Å². The number of hydrogen-bond acceptors (Lipinski definition) is 3. The van der Waals surface area contributed by atoms with E-state index in [0.717, 1.165) is 13.1 Å². The number of halogens is 2. The molecule has 1 aromatic rings. The Kier molecular flexibility index (Phi) is 4.15. The van der Waals surface area contributed by atoms with Crippen molar-refractivity contribution < 1.29 is 12.8 Å². The third kappa shape index (κ3) is 2.63. The van der Waals surface area contributed by atoms with E-state index in [1.54, 1.807) is 0 Å². The van der Waals surface area contributed by atoms with Crippen molar-refractivity contribution in [1.82, 2.24) is 9.62 Å². The van der Waals surface area contributed by atoms with Crippen molar-refractivity contribution >= 4 is 22.4 Å². The number of hydrogen-bond donors (Lipinski definition) is 1. The molecule has 106 valence electrons. The molecule has 3 rings (SSSR count). The number of nitrogens with zero attached hydrogens (tertiary/aromatic N) is 1. The first-order valence-corrected chi connectivity index (χ1v) is 7.48. The summed E-state index contributed by atoms with van der Waals surface area (Å²) in [5, 5.41) is 3.27. The van der Waals surface area contributed by atoms with E-state index in [1.807, 2.05) is 0 Å². The van der Waals surface area contributed by atoms with Crippen molar-refractivity contribution in [3.63, 3.8) is 0 Å². The summed E-state index contributed by atoms with van der Waals surface area (Å²) in [6.07, 6.45) is 0. The van der Waals surface area contributed by atoms with Crippen molar-refractivity contribution in [3.05, 3.63) is 30.1 Å². The Hall–Kier alpha value is -0.690. The molecule has 7 heteroatoms. The smallest absolute Gasteiger partial charge is 0.243 e. The maximum Gasteiger partial charge on any atom is 0.243 e. The fraction of sp³-hybridized carbons (Fsp3) is 0.500. The zero-order chi connectivity index (χ0) is 12.8. The predicted octanol–water partition coefficient (Wildman–Crippen LogP) is 1.09. The second kappa shape index (κ2) is 5.36. The van der Waals surface area contributed by atoms with Gasteiger partial charge in [0.15, 0.2) is 0 Å². The molecule has 0 bridgehead atoms. The van der Waals surface area contributed by atoms with Gasteiger partial charge in [0.25, 0.3) is 0 Å². The molecule has 0 radical (unpaired) electrons. The number of nitrogens with one attached hydrogen (secondary N) is 1. The molecule has 0 aliphatic carbocycles. The fourth-order valence-electron chi connectivity index (χ4n) is 2.76. The van der Waals surface area contributed by atoms with Crippen LogP contribution in [0.4, 0.5) is 4.39 Å². The van der Waals surface area contributed by atoms with E-state index in [4.69, 9.17) is 0 Å². The van der Waals surface area contributed by atoms with Crippen LogP contribution in [-0.4, -0.2) is 38.9 Å². The van der Waals surface area contributed by atoms with E-state index in [9.17, 15) is 12.8 Å². The van der Waals surface area contributed by atoms with Crippen LogP contribution in [0.25, 0.3) is 0 Å². The Morgan fingerprint density at radius 3 is 2.16 bits per heavy atom. The second-order valence-corrected chi connectivity index (χ2v) is 6.89. The van der Waals surface area contributed by atoms with Gasteiger partial charge in [-0.2, -0.15) is 4.31 Å². The molecular formula is C12H16ClFN2O2S. The summed E-state index contributed by atoms with van der Waals surface area (Å²) in [6, 6.07) is 5.03. The average Bonchev–Trinajstić information content (AvgIpc) is 2.89. The predicted molar refractivity (Wildman–Crippen MR) is 72.3 cm³/mol. The van der Waals surface area contributed by atoms with Gasteiger partial charge in [-0.1, -0.05) is 0 Å². The molecule has 1 aromatic carbocycles. The highest BCUT2D eigenvalue weighted by molar-refractivity contribution is 7.89. The fourth-order valence-corrected chi connectivity index (χ4v) is 4.32. The van der Waals surface area contributed by atoms with Crippen LogP contribution in [0.5, 0.6) is 0 Å². The first-order valence-electron chi connectivity index (χ1n) is 6.04. The summed E-state index contributed by atoms with van der Waals surface area (Å²) in [5.74, 6) is 0.414. The van der Waals surface area contributed by atoms with Gasteiger partial charge in [-0.3, -0.25) is 0 Å². The lowest BCUT2D eigenvalue weighted by Crippen LogP contribution is -2.31. The highest BCUT2D eigenvalue weighted by Crippen LogP contribution is 2.30. The molecule has 2 unspecified atom stereocenters. The van der Waals surface area contributed by atoms with Crippen LogP contribution in [0.15, 0.2) is 29.2 Å². The molecule has 0 spiro atoms. The largest absolute Gasteiger partial charge is 0.316 e. The summed E-state index contributed by atoms with van der Waals surface area (Å²) in [4.78, 5) is 0.178. The number of benzene rings is 1. The zero-order valence-electron chi connectivity index (χ0n) is 10.3. The van der Waals surface area contributed by atoms with Crippen LogP contribution in [-0.2, 0) is 10.0 Å². The third-order valence-electron chi connectivity index (χ3n) is 3.81. The number of rotatable bonds is 2. The van der Waals surface area contributed by atoms with Crippen molar-refractivity contribution in [1.29, 1.82) is 0 Å². The summed E-state index contributed by atoms with van der Waals surface area (Å²) in [5.41, 5.74) is 0. The van der Waals surface area contributed by atoms with Crippen LogP contribution >= 0.6 is 12.4 Å². The summed E-state index contributed by atoms with van der Waals surface area (Å²) >= 11 is 0. The highest BCUT2D eigenvalue weighted by Gasteiger charge is 2.41. The Labute approximate surface area is 118 Å². The minimum Gasteiger partial charge on any atom is -0.316 e. The highest BCUT2D eigenvalue weighted by atomic mass is 35.5. The minimum atomic E-state index is -3.46. The molecule has 0 aromatic heterocycles. The van der Waals surface area contributed by atoms with E-state index in [2.05, 4.69) is 5.32 Å². The molecule has 2 heterocycles. The Balaban J connectivity index is 0.00000133. The molecule has 2 aliphatic heterocycles. The molecule has 4 nitrogen and oxygen atoms in total. The normalized spacial score (nSPS) is 27.0. The first-order chi connectivity index (χ1) is 8.57. The molecule has 2 fully saturated rings. The van der Waals surface area contributed by atoms with E-state index in [1.165, 1.54) is 28.6 Å².